The Kier molecular flexibility index (Phi) is 4.77. The summed E-state index contributed by atoms with van der Waals surface area (Å²) in [5, 5.41) is 4.64. The monoisotopic (exact) mass is 398 g/mol. The van der Waals surface area contributed by atoms with Gasteiger partial charge in [-0.05, 0) is 50.2 Å². The van der Waals surface area contributed by atoms with Gasteiger partial charge in [0.25, 0.3) is 5.91 Å². The summed E-state index contributed by atoms with van der Waals surface area (Å²) < 4.78 is 11.3. The number of likely N-dealkylation sites (tertiary alicyclic amines) is 1. The van der Waals surface area contributed by atoms with E-state index in [0.29, 0.717) is 35.6 Å². The van der Waals surface area contributed by atoms with E-state index in [1.165, 1.54) is 0 Å². The van der Waals surface area contributed by atoms with Crippen molar-refractivity contribution in [3.8, 4) is 17.1 Å². The van der Waals surface area contributed by atoms with Gasteiger partial charge in [0.05, 0.1) is 5.92 Å². The summed E-state index contributed by atoms with van der Waals surface area (Å²) >= 11 is 5.89. The number of carbonyl (C=O) groups is 1. The van der Waals surface area contributed by atoms with Crippen molar-refractivity contribution in [2.75, 3.05) is 13.1 Å². The van der Waals surface area contributed by atoms with Crippen LogP contribution in [-0.4, -0.2) is 44.6 Å². The number of hydrogen-bond donors (Lipinski definition) is 0. The predicted octanol–water partition coefficient (Wildman–Crippen LogP) is 3.57. The lowest BCUT2D eigenvalue weighted by atomic mass is 9.96. The number of nitrogens with zero attached hydrogens (tertiary/aromatic N) is 4. The van der Waals surface area contributed by atoms with Crippen molar-refractivity contribution >= 4 is 17.5 Å². The number of ether oxygens (including phenoxy) is 1. The Morgan fingerprint density at radius 3 is 2.54 bits per heavy atom. The van der Waals surface area contributed by atoms with Gasteiger partial charge in [-0.15, -0.1) is 0 Å². The van der Waals surface area contributed by atoms with Crippen LogP contribution in [0.4, 0.5) is 0 Å². The first-order valence-corrected chi connectivity index (χ1v) is 9.28. The summed E-state index contributed by atoms with van der Waals surface area (Å²) in [4.78, 5) is 23.0. The number of aromatic nitrogens is 3. The van der Waals surface area contributed by atoms with E-state index >= 15 is 0 Å². The number of hydrogen-bond acceptors (Lipinski definition) is 6. The molecule has 1 amide bonds. The Labute approximate surface area is 167 Å². The van der Waals surface area contributed by atoms with E-state index in [0.717, 1.165) is 5.56 Å². The highest BCUT2D eigenvalue weighted by Crippen LogP contribution is 2.31. The molecule has 1 fully saturated rings. The summed E-state index contributed by atoms with van der Waals surface area (Å²) in [6.45, 7) is 4.55. The van der Waals surface area contributed by atoms with Gasteiger partial charge in [0, 0.05) is 36.1 Å². The summed E-state index contributed by atoms with van der Waals surface area (Å²) in [6, 6.07) is 10.6. The Morgan fingerprint density at radius 2 is 1.86 bits per heavy atom. The molecule has 144 valence electrons. The molecule has 0 atom stereocenters. The average molecular weight is 399 g/mol. The summed E-state index contributed by atoms with van der Waals surface area (Å²) in [5.41, 5.74) is -0.148. The minimum atomic E-state index is -0.990. The lowest BCUT2D eigenvalue weighted by molar-refractivity contribution is -0.150. The second kappa shape index (κ2) is 7.24. The van der Waals surface area contributed by atoms with Crippen LogP contribution < -0.4 is 4.74 Å². The fraction of sp³-hybridized carbons (Fsp3) is 0.300. The van der Waals surface area contributed by atoms with E-state index in [1.54, 1.807) is 55.4 Å². The van der Waals surface area contributed by atoms with Crippen LogP contribution in [0.1, 0.15) is 25.7 Å². The summed E-state index contributed by atoms with van der Waals surface area (Å²) in [5.74, 6) is 1.59. The molecule has 4 rings (SSSR count). The van der Waals surface area contributed by atoms with Gasteiger partial charge in [0.15, 0.2) is 5.60 Å². The maximum Gasteiger partial charge on any atom is 0.266 e. The molecule has 0 spiro atoms. The second-order valence-electron chi connectivity index (χ2n) is 7.17. The van der Waals surface area contributed by atoms with E-state index in [-0.39, 0.29) is 11.8 Å². The largest absolute Gasteiger partial charge is 0.478 e. The lowest BCUT2D eigenvalue weighted by Crippen LogP contribution is -2.57. The van der Waals surface area contributed by atoms with Crippen molar-refractivity contribution in [2.45, 2.75) is 25.4 Å². The van der Waals surface area contributed by atoms with Crippen molar-refractivity contribution in [3.05, 3.63) is 59.7 Å². The van der Waals surface area contributed by atoms with Crippen molar-refractivity contribution in [2.24, 2.45) is 0 Å². The van der Waals surface area contributed by atoms with Gasteiger partial charge in [-0.1, -0.05) is 16.8 Å². The molecule has 2 aromatic heterocycles. The van der Waals surface area contributed by atoms with Crippen LogP contribution in [-0.2, 0) is 4.79 Å². The van der Waals surface area contributed by atoms with Crippen LogP contribution >= 0.6 is 11.6 Å². The molecule has 1 aliphatic rings. The van der Waals surface area contributed by atoms with Crippen molar-refractivity contribution in [1.82, 2.24) is 20.0 Å². The molecule has 0 aliphatic carbocycles. The first-order chi connectivity index (χ1) is 13.4. The minimum absolute atomic E-state index is 0.0263. The smallest absolute Gasteiger partial charge is 0.266 e. The van der Waals surface area contributed by atoms with Crippen LogP contribution in [0.15, 0.2) is 53.3 Å². The molecule has 0 saturated carbocycles. The van der Waals surface area contributed by atoms with Gasteiger partial charge in [0.2, 0.25) is 11.7 Å². The molecule has 28 heavy (non-hydrogen) atoms. The number of halogens is 1. The molecule has 1 aromatic carbocycles. The molecule has 0 unspecified atom stereocenters. The standard InChI is InChI=1S/C20H19ClN4O3/c1-20(2,27-16-5-3-15(21)4-6-16)19(26)25-11-14(12-25)18-23-17(24-28-18)13-7-9-22-10-8-13/h3-10,14H,11-12H2,1-2H3. The van der Waals surface area contributed by atoms with Crippen molar-refractivity contribution in [3.63, 3.8) is 0 Å². The summed E-state index contributed by atoms with van der Waals surface area (Å²) in [7, 11) is 0. The molecular weight excluding hydrogens is 380 g/mol. The van der Waals surface area contributed by atoms with E-state index in [1.807, 2.05) is 12.1 Å². The van der Waals surface area contributed by atoms with Gasteiger partial charge in [0.1, 0.15) is 5.75 Å². The first-order valence-electron chi connectivity index (χ1n) is 8.90. The summed E-state index contributed by atoms with van der Waals surface area (Å²) in [6.07, 6.45) is 3.36. The Balaban J connectivity index is 1.37. The molecule has 8 heteroatoms. The maximum absolute atomic E-state index is 12.8. The number of pyridine rings is 1. The van der Waals surface area contributed by atoms with Crippen LogP contribution in [0, 0.1) is 0 Å². The van der Waals surface area contributed by atoms with Gasteiger partial charge in [-0.25, -0.2) is 0 Å². The minimum Gasteiger partial charge on any atom is -0.478 e. The van der Waals surface area contributed by atoms with Gasteiger partial charge < -0.3 is 14.2 Å². The van der Waals surface area contributed by atoms with Crippen LogP contribution in [0.3, 0.4) is 0 Å². The number of benzene rings is 1. The average Bonchev–Trinajstić information content (AvgIpc) is 3.12. The van der Waals surface area contributed by atoms with Gasteiger partial charge in [-0.3, -0.25) is 9.78 Å². The molecule has 0 bridgehead atoms. The predicted molar refractivity (Wildman–Crippen MR) is 103 cm³/mol. The molecule has 0 radical (unpaired) electrons. The topological polar surface area (TPSA) is 81.4 Å². The SMILES string of the molecule is CC(C)(Oc1ccc(Cl)cc1)C(=O)N1CC(c2nc(-c3ccncc3)no2)C1. The quantitative estimate of drug-likeness (QED) is 0.653. The molecule has 0 N–H and O–H groups in total. The van der Waals surface area contributed by atoms with E-state index in [4.69, 9.17) is 20.9 Å². The zero-order valence-electron chi connectivity index (χ0n) is 15.5. The number of carbonyl (C=O) groups excluding carboxylic acids is 1. The molecular formula is C20H19ClN4O3. The first kappa shape index (κ1) is 18.4. The van der Waals surface area contributed by atoms with Crippen molar-refractivity contribution in [1.29, 1.82) is 0 Å². The zero-order valence-corrected chi connectivity index (χ0v) is 16.3. The number of amides is 1. The molecule has 3 heterocycles. The third-order valence-corrected chi connectivity index (χ3v) is 4.85. The van der Waals surface area contributed by atoms with E-state index < -0.39 is 5.60 Å². The maximum atomic E-state index is 12.8. The highest BCUT2D eigenvalue weighted by atomic mass is 35.5. The molecule has 7 nitrogen and oxygen atoms in total. The van der Waals surface area contributed by atoms with E-state index in [2.05, 4.69) is 15.1 Å². The Bertz CT molecular complexity index is 967. The molecule has 1 saturated heterocycles. The Morgan fingerprint density at radius 1 is 1.18 bits per heavy atom. The van der Waals surface area contributed by atoms with Crippen LogP contribution in [0.2, 0.25) is 5.02 Å². The van der Waals surface area contributed by atoms with E-state index in [9.17, 15) is 4.79 Å². The highest BCUT2D eigenvalue weighted by Gasteiger charge is 2.42. The van der Waals surface area contributed by atoms with Gasteiger partial charge in [-0.2, -0.15) is 4.98 Å². The second-order valence-corrected chi connectivity index (χ2v) is 7.60. The zero-order chi connectivity index (χ0) is 19.7. The highest BCUT2D eigenvalue weighted by molar-refractivity contribution is 6.30. The fourth-order valence-electron chi connectivity index (χ4n) is 3.04. The van der Waals surface area contributed by atoms with Gasteiger partial charge >= 0.3 is 0 Å². The van der Waals surface area contributed by atoms with Crippen LogP contribution in [0.5, 0.6) is 5.75 Å². The molecule has 1 aliphatic heterocycles. The van der Waals surface area contributed by atoms with Crippen molar-refractivity contribution < 1.29 is 14.1 Å². The number of rotatable bonds is 5. The Hall–Kier alpha value is -2.93. The fourth-order valence-corrected chi connectivity index (χ4v) is 3.17. The third-order valence-electron chi connectivity index (χ3n) is 4.60. The lowest BCUT2D eigenvalue weighted by Gasteiger charge is -2.41. The van der Waals surface area contributed by atoms with Crippen LogP contribution in [0.25, 0.3) is 11.4 Å². The molecule has 3 aromatic rings. The normalized spacial score (nSPS) is 14.6. The third kappa shape index (κ3) is 3.71.